The highest BCUT2D eigenvalue weighted by Gasteiger charge is 2.43. The largest absolute Gasteiger partial charge is 0.490 e. The smallest absolute Gasteiger partial charge is 0.254 e. The van der Waals surface area contributed by atoms with Gasteiger partial charge in [0.2, 0.25) is 5.75 Å². The van der Waals surface area contributed by atoms with Crippen LogP contribution in [0.4, 0.5) is 0 Å². The Labute approximate surface area is 200 Å². The summed E-state index contributed by atoms with van der Waals surface area (Å²) >= 11 is 0. The maximum Gasteiger partial charge on any atom is 0.254 e. The highest BCUT2D eigenvalue weighted by Crippen LogP contribution is 2.42. The molecule has 0 saturated carbocycles. The molecule has 2 heterocycles. The molecule has 1 spiro atoms. The van der Waals surface area contributed by atoms with Crippen LogP contribution in [0.1, 0.15) is 66.3 Å². The molecule has 34 heavy (non-hydrogen) atoms. The highest BCUT2D eigenvalue weighted by atomic mass is 16.5. The summed E-state index contributed by atoms with van der Waals surface area (Å²) < 4.78 is 23.6. The summed E-state index contributed by atoms with van der Waals surface area (Å²) in [5.41, 5.74) is 1.64. The van der Waals surface area contributed by atoms with E-state index in [2.05, 4.69) is 0 Å². The van der Waals surface area contributed by atoms with E-state index in [1.165, 1.54) is 0 Å². The lowest BCUT2D eigenvalue weighted by atomic mass is 9.82. The number of aryl methyl sites for hydroxylation is 1. The van der Waals surface area contributed by atoms with Crippen LogP contribution in [0.15, 0.2) is 30.3 Å². The van der Waals surface area contributed by atoms with E-state index in [1.807, 2.05) is 50.8 Å². The zero-order valence-corrected chi connectivity index (χ0v) is 20.4. The van der Waals surface area contributed by atoms with Crippen molar-refractivity contribution in [3.05, 3.63) is 47.0 Å². The van der Waals surface area contributed by atoms with Crippen molar-refractivity contribution in [1.29, 1.82) is 0 Å². The second kappa shape index (κ2) is 9.95. The molecular weight excluding hydrogens is 434 g/mol. The molecule has 1 saturated heterocycles. The van der Waals surface area contributed by atoms with Crippen molar-refractivity contribution in [1.82, 2.24) is 4.90 Å². The Morgan fingerprint density at radius 1 is 0.971 bits per heavy atom. The van der Waals surface area contributed by atoms with E-state index in [4.69, 9.17) is 18.9 Å². The first-order valence-corrected chi connectivity index (χ1v) is 12.1. The molecule has 0 unspecified atom stereocenters. The lowest BCUT2D eigenvalue weighted by Gasteiger charge is -2.44. The van der Waals surface area contributed by atoms with Crippen LogP contribution in [0.2, 0.25) is 0 Å². The number of carbonyl (C=O) groups excluding carboxylic acids is 2. The van der Waals surface area contributed by atoms with Gasteiger partial charge >= 0.3 is 0 Å². The molecule has 7 nitrogen and oxygen atoms in total. The molecule has 0 aromatic heterocycles. The fourth-order valence-corrected chi connectivity index (χ4v) is 4.70. The summed E-state index contributed by atoms with van der Waals surface area (Å²) in [6.07, 6.45) is 1.55. The fourth-order valence-electron chi connectivity index (χ4n) is 4.70. The van der Waals surface area contributed by atoms with Crippen LogP contribution < -0.4 is 18.9 Å². The molecular formula is C27H33NO6. The van der Waals surface area contributed by atoms with E-state index in [0.717, 1.165) is 5.56 Å². The van der Waals surface area contributed by atoms with Crippen LogP contribution in [0.5, 0.6) is 23.0 Å². The van der Waals surface area contributed by atoms with Gasteiger partial charge < -0.3 is 23.8 Å². The maximum absolute atomic E-state index is 13.4. The van der Waals surface area contributed by atoms with Gasteiger partial charge in [0.1, 0.15) is 11.4 Å². The van der Waals surface area contributed by atoms with Crippen molar-refractivity contribution in [3.8, 4) is 23.0 Å². The monoisotopic (exact) mass is 467 g/mol. The molecule has 1 fully saturated rings. The summed E-state index contributed by atoms with van der Waals surface area (Å²) in [7, 11) is 0. The molecule has 0 N–H and O–H groups in total. The van der Waals surface area contributed by atoms with E-state index in [0.29, 0.717) is 86.3 Å². The molecule has 2 aromatic carbocycles. The minimum absolute atomic E-state index is 0.0991. The number of likely N-dealkylation sites (tertiary alicyclic amines) is 1. The number of fused-ring (bicyclic) bond motifs is 1. The number of nitrogens with zero attached hydrogens (tertiary/aromatic N) is 1. The van der Waals surface area contributed by atoms with E-state index in [9.17, 15) is 9.59 Å². The molecule has 0 aliphatic carbocycles. The van der Waals surface area contributed by atoms with Gasteiger partial charge in [-0.25, -0.2) is 0 Å². The topological polar surface area (TPSA) is 74.3 Å². The Hall–Kier alpha value is -3.22. The van der Waals surface area contributed by atoms with Gasteiger partial charge in [0.15, 0.2) is 17.3 Å². The Balaban J connectivity index is 1.52. The summed E-state index contributed by atoms with van der Waals surface area (Å²) in [5.74, 6) is 2.18. The van der Waals surface area contributed by atoms with Crippen LogP contribution in [-0.4, -0.2) is 55.1 Å². The molecule has 4 rings (SSSR count). The molecule has 2 aromatic rings. The predicted octanol–water partition coefficient (Wildman–Crippen LogP) is 4.83. The van der Waals surface area contributed by atoms with E-state index in [1.54, 1.807) is 12.1 Å². The minimum Gasteiger partial charge on any atom is -0.490 e. The molecule has 0 atom stereocenters. The van der Waals surface area contributed by atoms with Crippen LogP contribution in [0.25, 0.3) is 0 Å². The summed E-state index contributed by atoms with van der Waals surface area (Å²) in [4.78, 5) is 28.1. The number of ketones is 1. The van der Waals surface area contributed by atoms with Crippen molar-refractivity contribution in [3.63, 3.8) is 0 Å². The van der Waals surface area contributed by atoms with Gasteiger partial charge in [0.05, 0.1) is 31.8 Å². The Morgan fingerprint density at radius 2 is 1.59 bits per heavy atom. The van der Waals surface area contributed by atoms with Gasteiger partial charge in [-0.3, -0.25) is 9.59 Å². The second-order valence-corrected chi connectivity index (χ2v) is 8.78. The Kier molecular flexibility index (Phi) is 7.00. The molecule has 0 radical (unpaired) electrons. The Bertz CT molecular complexity index is 1040. The van der Waals surface area contributed by atoms with Crippen molar-refractivity contribution in [2.24, 2.45) is 0 Å². The normalized spacial score (nSPS) is 16.6. The predicted molar refractivity (Wildman–Crippen MR) is 129 cm³/mol. The number of amides is 1. The number of hydrogen-bond acceptors (Lipinski definition) is 6. The minimum atomic E-state index is -0.554. The number of Topliss-reactive ketones (excluding diaryl/α,β-unsaturated/α-hetero) is 1. The van der Waals surface area contributed by atoms with Gasteiger partial charge in [-0.2, -0.15) is 0 Å². The zero-order valence-electron chi connectivity index (χ0n) is 20.4. The van der Waals surface area contributed by atoms with E-state index < -0.39 is 5.60 Å². The number of rotatable bonds is 7. The standard InChI is InChI=1S/C27H33NO6/c1-5-31-23-15-19(16-24(32-6-2)25(23)33-7-3)26(30)28-12-10-27(11-13-28)17-21(29)20-14-18(4)8-9-22(20)34-27/h8-9,14-16H,5-7,10-13,17H2,1-4H3. The number of benzene rings is 2. The molecule has 1 amide bonds. The average molecular weight is 468 g/mol. The van der Waals surface area contributed by atoms with Gasteiger partial charge in [0, 0.05) is 31.5 Å². The summed E-state index contributed by atoms with van der Waals surface area (Å²) in [6.45, 7) is 10.0. The summed E-state index contributed by atoms with van der Waals surface area (Å²) in [6, 6.07) is 9.18. The average Bonchev–Trinajstić information content (AvgIpc) is 2.82. The lowest BCUT2D eigenvalue weighted by Crippen LogP contribution is -2.52. The van der Waals surface area contributed by atoms with Gasteiger partial charge in [0.25, 0.3) is 5.91 Å². The second-order valence-electron chi connectivity index (χ2n) is 8.78. The number of carbonyl (C=O) groups is 2. The first kappa shape index (κ1) is 23.9. The Morgan fingerprint density at radius 3 is 2.18 bits per heavy atom. The zero-order chi connectivity index (χ0) is 24.3. The lowest BCUT2D eigenvalue weighted by molar-refractivity contribution is -0.00575. The van der Waals surface area contributed by atoms with Crippen LogP contribution in [0.3, 0.4) is 0 Å². The first-order chi connectivity index (χ1) is 16.4. The van der Waals surface area contributed by atoms with Crippen molar-refractivity contribution in [2.45, 2.75) is 52.6 Å². The maximum atomic E-state index is 13.4. The number of piperidine rings is 1. The van der Waals surface area contributed by atoms with Crippen LogP contribution >= 0.6 is 0 Å². The number of ether oxygens (including phenoxy) is 4. The first-order valence-electron chi connectivity index (χ1n) is 12.1. The van der Waals surface area contributed by atoms with E-state index in [-0.39, 0.29) is 11.7 Å². The SMILES string of the molecule is CCOc1cc(C(=O)N2CCC3(CC2)CC(=O)c2cc(C)ccc2O3)cc(OCC)c1OCC. The molecule has 0 bridgehead atoms. The van der Waals surface area contributed by atoms with Crippen molar-refractivity contribution >= 4 is 11.7 Å². The van der Waals surface area contributed by atoms with Crippen molar-refractivity contribution in [2.75, 3.05) is 32.9 Å². The van der Waals surface area contributed by atoms with E-state index >= 15 is 0 Å². The van der Waals surface area contributed by atoms with Gasteiger partial charge in [-0.15, -0.1) is 0 Å². The third-order valence-corrected chi connectivity index (χ3v) is 6.36. The van der Waals surface area contributed by atoms with Crippen LogP contribution in [-0.2, 0) is 0 Å². The molecule has 2 aliphatic heterocycles. The highest BCUT2D eigenvalue weighted by molar-refractivity contribution is 6.00. The molecule has 182 valence electrons. The third kappa shape index (κ3) is 4.69. The van der Waals surface area contributed by atoms with Crippen LogP contribution in [0, 0.1) is 6.92 Å². The number of hydrogen-bond donors (Lipinski definition) is 0. The quantitative estimate of drug-likeness (QED) is 0.581. The van der Waals surface area contributed by atoms with Gasteiger partial charge in [-0.1, -0.05) is 11.6 Å². The fraction of sp³-hybridized carbons (Fsp3) is 0.481. The molecule has 7 heteroatoms. The van der Waals surface area contributed by atoms with Gasteiger partial charge in [-0.05, 0) is 52.0 Å². The summed E-state index contributed by atoms with van der Waals surface area (Å²) in [5, 5.41) is 0. The van der Waals surface area contributed by atoms with Crippen molar-refractivity contribution < 1.29 is 28.5 Å². The third-order valence-electron chi connectivity index (χ3n) is 6.36. The molecule has 2 aliphatic rings.